The number of hydrogen-bond acceptors (Lipinski definition) is 3. The average Bonchev–Trinajstić information content (AvgIpc) is 2.57. The number of anilines is 1. The van der Waals surface area contributed by atoms with Crippen molar-refractivity contribution < 1.29 is 0 Å². The minimum Gasteiger partial charge on any atom is -0.397 e. The molecule has 1 atom stereocenters. The molecule has 1 unspecified atom stereocenters. The summed E-state index contributed by atoms with van der Waals surface area (Å²) < 4.78 is 0. The zero-order chi connectivity index (χ0) is 8.39. The third-order valence-electron chi connectivity index (χ3n) is 2.39. The molecule has 0 spiro atoms. The average molecular weight is 163 g/mol. The maximum absolute atomic E-state index is 5.81. The molecule has 1 aliphatic rings. The van der Waals surface area contributed by atoms with Crippen LogP contribution >= 0.6 is 0 Å². The Morgan fingerprint density at radius 3 is 3.17 bits per heavy atom. The molecule has 1 saturated heterocycles. The second-order valence-corrected chi connectivity index (χ2v) is 3.19. The lowest BCUT2D eigenvalue weighted by Gasteiger charge is -2.10. The first-order valence-corrected chi connectivity index (χ1v) is 4.28. The molecule has 3 heteroatoms. The zero-order valence-corrected chi connectivity index (χ0v) is 6.96. The van der Waals surface area contributed by atoms with Crippen molar-refractivity contribution in [3.05, 3.63) is 24.0 Å². The van der Waals surface area contributed by atoms with Crippen LogP contribution in [0.15, 0.2) is 18.5 Å². The van der Waals surface area contributed by atoms with Crippen LogP contribution in [0.2, 0.25) is 0 Å². The maximum Gasteiger partial charge on any atom is 0.0536 e. The standard InChI is InChI=1S/C9H13N3/c10-9-6-12-4-2-8(9)7-1-3-11-5-7/h2,4,6-7,11H,1,3,5,10H2. The SMILES string of the molecule is Nc1cnccc1C1CCNC1. The van der Waals surface area contributed by atoms with Gasteiger partial charge in [-0.2, -0.15) is 0 Å². The Labute approximate surface area is 72.0 Å². The number of nitrogens with zero attached hydrogens (tertiary/aromatic N) is 1. The lowest BCUT2D eigenvalue weighted by atomic mass is 9.98. The minimum absolute atomic E-state index is 0.591. The molecule has 2 rings (SSSR count). The van der Waals surface area contributed by atoms with Crippen molar-refractivity contribution in [1.82, 2.24) is 10.3 Å². The second-order valence-electron chi connectivity index (χ2n) is 3.19. The molecule has 1 fully saturated rings. The number of nitrogens with one attached hydrogen (secondary N) is 1. The molecule has 64 valence electrons. The summed E-state index contributed by atoms with van der Waals surface area (Å²) in [5, 5.41) is 3.32. The number of pyridine rings is 1. The maximum atomic E-state index is 5.81. The Hall–Kier alpha value is -1.09. The molecule has 0 radical (unpaired) electrons. The van der Waals surface area contributed by atoms with Gasteiger partial charge in [0.05, 0.1) is 11.9 Å². The number of hydrogen-bond donors (Lipinski definition) is 2. The number of nitrogens with two attached hydrogens (primary N) is 1. The van der Waals surface area contributed by atoms with E-state index in [1.54, 1.807) is 6.20 Å². The van der Waals surface area contributed by atoms with E-state index in [4.69, 9.17) is 5.73 Å². The fourth-order valence-electron chi connectivity index (χ4n) is 1.71. The highest BCUT2D eigenvalue weighted by Gasteiger charge is 2.17. The Kier molecular flexibility index (Phi) is 1.96. The number of nitrogen functional groups attached to an aromatic ring is 1. The fourth-order valence-corrected chi connectivity index (χ4v) is 1.71. The van der Waals surface area contributed by atoms with E-state index in [1.165, 1.54) is 12.0 Å². The summed E-state index contributed by atoms with van der Waals surface area (Å²) in [6, 6.07) is 2.02. The van der Waals surface area contributed by atoms with Gasteiger partial charge in [0.2, 0.25) is 0 Å². The molecule has 12 heavy (non-hydrogen) atoms. The molecule has 0 amide bonds. The van der Waals surface area contributed by atoms with Crippen molar-refractivity contribution in [3.63, 3.8) is 0 Å². The quantitative estimate of drug-likeness (QED) is 0.642. The monoisotopic (exact) mass is 163 g/mol. The molecule has 0 saturated carbocycles. The predicted molar refractivity (Wildman–Crippen MR) is 48.9 cm³/mol. The summed E-state index contributed by atoms with van der Waals surface area (Å²) in [5.41, 5.74) is 7.88. The van der Waals surface area contributed by atoms with Crippen molar-refractivity contribution >= 4 is 5.69 Å². The van der Waals surface area contributed by atoms with Gasteiger partial charge in [-0.3, -0.25) is 4.98 Å². The molecular formula is C9H13N3. The fraction of sp³-hybridized carbons (Fsp3) is 0.444. The topological polar surface area (TPSA) is 50.9 Å². The minimum atomic E-state index is 0.591. The molecule has 1 aromatic rings. The van der Waals surface area contributed by atoms with Crippen LogP contribution in [-0.2, 0) is 0 Å². The van der Waals surface area contributed by atoms with Gasteiger partial charge in [0, 0.05) is 12.7 Å². The van der Waals surface area contributed by atoms with Crippen molar-refractivity contribution in [2.45, 2.75) is 12.3 Å². The van der Waals surface area contributed by atoms with Crippen LogP contribution < -0.4 is 11.1 Å². The van der Waals surface area contributed by atoms with Gasteiger partial charge in [0.1, 0.15) is 0 Å². The van der Waals surface area contributed by atoms with E-state index in [1.807, 2.05) is 12.3 Å². The zero-order valence-electron chi connectivity index (χ0n) is 6.96. The summed E-state index contributed by atoms with van der Waals surface area (Å²) in [6.45, 7) is 2.15. The van der Waals surface area contributed by atoms with E-state index >= 15 is 0 Å². The van der Waals surface area contributed by atoms with Gasteiger partial charge < -0.3 is 11.1 Å². The van der Waals surface area contributed by atoms with E-state index in [-0.39, 0.29) is 0 Å². The molecule has 3 N–H and O–H groups in total. The molecule has 1 aromatic heterocycles. The van der Waals surface area contributed by atoms with Crippen molar-refractivity contribution in [2.24, 2.45) is 0 Å². The van der Waals surface area contributed by atoms with Gasteiger partial charge in [-0.25, -0.2) is 0 Å². The summed E-state index contributed by atoms with van der Waals surface area (Å²) in [7, 11) is 0. The highest BCUT2D eigenvalue weighted by Crippen LogP contribution is 2.25. The van der Waals surface area contributed by atoms with Crippen LogP contribution in [0.3, 0.4) is 0 Å². The van der Waals surface area contributed by atoms with Crippen molar-refractivity contribution in [3.8, 4) is 0 Å². The van der Waals surface area contributed by atoms with E-state index in [9.17, 15) is 0 Å². The number of rotatable bonds is 1. The summed E-state index contributed by atoms with van der Waals surface area (Å²) in [5.74, 6) is 0.591. The van der Waals surface area contributed by atoms with Crippen LogP contribution in [0.25, 0.3) is 0 Å². The van der Waals surface area contributed by atoms with Gasteiger partial charge in [-0.1, -0.05) is 0 Å². The van der Waals surface area contributed by atoms with E-state index in [2.05, 4.69) is 10.3 Å². The van der Waals surface area contributed by atoms with E-state index in [0.29, 0.717) is 5.92 Å². The first-order valence-electron chi connectivity index (χ1n) is 4.28. The normalized spacial score (nSPS) is 22.8. The molecule has 3 nitrogen and oxygen atoms in total. The lowest BCUT2D eigenvalue weighted by molar-refractivity contribution is 0.764. The van der Waals surface area contributed by atoms with Crippen LogP contribution in [0.4, 0.5) is 5.69 Å². The Morgan fingerprint density at radius 1 is 1.58 bits per heavy atom. The first-order chi connectivity index (χ1) is 5.88. The Bertz CT molecular complexity index is 266. The Balaban J connectivity index is 2.26. The molecule has 0 bridgehead atoms. The second kappa shape index (κ2) is 3.11. The molecule has 0 aromatic carbocycles. The summed E-state index contributed by atoms with van der Waals surface area (Å²) in [4.78, 5) is 3.97. The van der Waals surface area contributed by atoms with Crippen molar-refractivity contribution in [1.29, 1.82) is 0 Å². The van der Waals surface area contributed by atoms with Gasteiger partial charge in [-0.15, -0.1) is 0 Å². The van der Waals surface area contributed by atoms with Gasteiger partial charge in [-0.05, 0) is 30.5 Å². The van der Waals surface area contributed by atoms with Crippen LogP contribution in [-0.4, -0.2) is 18.1 Å². The molecular weight excluding hydrogens is 150 g/mol. The van der Waals surface area contributed by atoms with Gasteiger partial charge in [0.15, 0.2) is 0 Å². The van der Waals surface area contributed by atoms with Gasteiger partial charge in [0.25, 0.3) is 0 Å². The van der Waals surface area contributed by atoms with Gasteiger partial charge >= 0.3 is 0 Å². The highest BCUT2D eigenvalue weighted by atomic mass is 14.9. The van der Waals surface area contributed by atoms with E-state index in [0.717, 1.165) is 18.8 Å². The predicted octanol–water partition coefficient (Wildman–Crippen LogP) is 0.741. The summed E-state index contributed by atoms with van der Waals surface area (Å²) >= 11 is 0. The third kappa shape index (κ3) is 1.28. The third-order valence-corrected chi connectivity index (χ3v) is 2.39. The van der Waals surface area contributed by atoms with E-state index < -0.39 is 0 Å². The highest BCUT2D eigenvalue weighted by molar-refractivity contribution is 5.46. The van der Waals surface area contributed by atoms with Crippen molar-refractivity contribution in [2.75, 3.05) is 18.8 Å². The largest absolute Gasteiger partial charge is 0.397 e. The summed E-state index contributed by atoms with van der Waals surface area (Å²) in [6.07, 6.45) is 4.73. The smallest absolute Gasteiger partial charge is 0.0536 e. The molecule has 0 aliphatic carbocycles. The lowest BCUT2D eigenvalue weighted by Crippen LogP contribution is -2.09. The van der Waals surface area contributed by atoms with Crippen LogP contribution in [0.5, 0.6) is 0 Å². The molecule has 2 heterocycles. The van der Waals surface area contributed by atoms with Crippen LogP contribution in [0.1, 0.15) is 17.9 Å². The molecule has 1 aliphatic heterocycles. The van der Waals surface area contributed by atoms with Crippen LogP contribution in [0, 0.1) is 0 Å². The Morgan fingerprint density at radius 2 is 2.50 bits per heavy atom. The number of aromatic nitrogens is 1. The first kappa shape index (κ1) is 7.55.